The molecule has 0 radical (unpaired) electrons. The summed E-state index contributed by atoms with van der Waals surface area (Å²) in [5.41, 5.74) is 3.84. The molecule has 0 bridgehead atoms. The number of nitrogens with one attached hydrogen (secondary N) is 2. The van der Waals surface area contributed by atoms with Crippen molar-refractivity contribution < 1.29 is 0 Å². The van der Waals surface area contributed by atoms with E-state index in [2.05, 4.69) is 34.4 Å². The van der Waals surface area contributed by atoms with Gasteiger partial charge in [0.15, 0.2) is 0 Å². The summed E-state index contributed by atoms with van der Waals surface area (Å²) in [5.74, 6) is 1.31. The van der Waals surface area contributed by atoms with Gasteiger partial charge < -0.3 is 10.6 Å². The maximum atomic E-state index is 6.22. The molecule has 2 N–H and O–H groups in total. The fourth-order valence-corrected chi connectivity index (χ4v) is 2.59. The van der Waals surface area contributed by atoms with Crippen molar-refractivity contribution in [1.29, 1.82) is 0 Å². The summed E-state index contributed by atoms with van der Waals surface area (Å²) in [7, 11) is 0. The zero-order chi connectivity index (χ0) is 17.8. The van der Waals surface area contributed by atoms with Gasteiger partial charge in [0, 0.05) is 28.4 Å². The maximum Gasteiger partial charge on any atom is 0.225 e. The molecule has 1 heterocycles. The smallest absolute Gasteiger partial charge is 0.225 e. The van der Waals surface area contributed by atoms with Gasteiger partial charge in [-0.15, -0.1) is 0 Å². The first kappa shape index (κ1) is 17.2. The third-order valence-electron chi connectivity index (χ3n) is 3.66. The van der Waals surface area contributed by atoms with Crippen LogP contribution in [-0.2, 0) is 0 Å². The van der Waals surface area contributed by atoms with E-state index in [1.807, 2.05) is 61.5 Å². The SMILES string of the molecule is Cc1ccc(Nc2cc(-c3ccccc3)nc(NC(C)C)n2)cc1Cl. The van der Waals surface area contributed by atoms with Crippen molar-refractivity contribution in [3.05, 3.63) is 65.2 Å². The van der Waals surface area contributed by atoms with E-state index in [0.717, 1.165) is 33.3 Å². The Morgan fingerprint density at radius 3 is 2.40 bits per heavy atom. The van der Waals surface area contributed by atoms with Crippen LogP contribution in [0.2, 0.25) is 5.02 Å². The van der Waals surface area contributed by atoms with E-state index in [4.69, 9.17) is 11.6 Å². The average Bonchev–Trinajstić information content (AvgIpc) is 2.58. The predicted octanol–water partition coefficient (Wildman–Crippen LogP) is 5.67. The largest absolute Gasteiger partial charge is 0.352 e. The number of aryl methyl sites for hydroxylation is 1. The summed E-state index contributed by atoms with van der Waals surface area (Å²) >= 11 is 6.22. The maximum absolute atomic E-state index is 6.22. The van der Waals surface area contributed by atoms with Crippen LogP contribution in [0.1, 0.15) is 19.4 Å². The summed E-state index contributed by atoms with van der Waals surface area (Å²) in [6, 6.07) is 18.1. The summed E-state index contributed by atoms with van der Waals surface area (Å²) < 4.78 is 0. The molecular formula is C20H21ClN4. The van der Waals surface area contributed by atoms with E-state index in [0.29, 0.717) is 5.95 Å². The molecule has 0 aliphatic heterocycles. The lowest BCUT2D eigenvalue weighted by Crippen LogP contribution is -2.13. The van der Waals surface area contributed by atoms with Crippen molar-refractivity contribution in [2.75, 3.05) is 10.6 Å². The summed E-state index contributed by atoms with van der Waals surface area (Å²) in [4.78, 5) is 9.20. The van der Waals surface area contributed by atoms with Gasteiger partial charge in [0.2, 0.25) is 5.95 Å². The van der Waals surface area contributed by atoms with Crippen LogP contribution in [0.5, 0.6) is 0 Å². The van der Waals surface area contributed by atoms with Crippen LogP contribution >= 0.6 is 11.6 Å². The molecule has 2 aromatic carbocycles. The quantitative estimate of drug-likeness (QED) is 0.621. The molecule has 0 amide bonds. The van der Waals surface area contributed by atoms with Crippen molar-refractivity contribution in [1.82, 2.24) is 9.97 Å². The number of hydrogen-bond acceptors (Lipinski definition) is 4. The van der Waals surface area contributed by atoms with Crippen LogP contribution < -0.4 is 10.6 Å². The molecule has 5 heteroatoms. The molecule has 128 valence electrons. The summed E-state index contributed by atoms with van der Waals surface area (Å²) in [6.45, 7) is 6.10. The van der Waals surface area contributed by atoms with E-state index in [-0.39, 0.29) is 6.04 Å². The number of aromatic nitrogens is 2. The zero-order valence-corrected chi connectivity index (χ0v) is 15.3. The van der Waals surface area contributed by atoms with Crippen LogP contribution in [0, 0.1) is 6.92 Å². The highest BCUT2D eigenvalue weighted by Gasteiger charge is 2.08. The fourth-order valence-electron chi connectivity index (χ4n) is 2.41. The number of hydrogen-bond donors (Lipinski definition) is 2. The minimum Gasteiger partial charge on any atom is -0.352 e. The van der Waals surface area contributed by atoms with Crippen LogP contribution in [-0.4, -0.2) is 16.0 Å². The van der Waals surface area contributed by atoms with Gasteiger partial charge in [-0.25, -0.2) is 4.98 Å². The predicted molar refractivity (Wildman–Crippen MR) is 106 cm³/mol. The molecule has 4 nitrogen and oxygen atoms in total. The molecule has 25 heavy (non-hydrogen) atoms. The molecule has 3 aromatic rings. The van der Waals surface area contributed by atoms with E-state index in [1.165, 1.54) is 0 Å². The van der Waals surface area contributed by atoms with E-state index in [1.54, 1.807) is 0 Å². The van der Waals surface area contributed by atoms with Gasteiger partial charge in [0.25, 0.3) is 0 Å². The van der Waals surface area contributed by atoms with Gasteiger partial charge >= 0.3 is 0 Å². The van der Waals surface area contributed by atoms with Crippen molar-refractivity contribution in [3.8, 4) is 11.3 Å². The van der Waals surface area contributed by atoms with Gasteiger partial charge in [-0.2, -0.15) is 4.98 Å². The first-order valence-corrected chi connectivity index (χ1v) is 8.63. The number of nitrogens with zero attached hydrogens (tertiary/aromatic N) is 2. The number of halogens is 1. The molecule has 0 saturated carbocycles. The highest BCUT2D eigenvalue weighted by molar-refractivity contribution is 6.31. The second kappa shape index (κ2) is 7.53. The molecule has 3 rings (SSSR count). The molecule has 0 spiro atoms. The third kappa shape index (κ3) is 4.48. The molecule has 0 unspecified atom stereocenters. The molecule has 1 aromatic heterocycles. The molecular weight excluding hydrogens is 332 g/mol. The Morgan fingerprint density at radius 1 is 0.960 bits per heavy atom. The Morgan fingerprint density at radius 2 is 1.72 bits per heavy atom. The Kier molecular flexibility index (Phi) is 5.19. The first-order valence-electron chi connectivity index (χ1n) is 8.25. The lowest BCUT2D eigenvalue weighted by Gasteiger charge is -2.13. The lowest BCUT2D eigenvalue weighted by molar-refractivity contribution is 0.876. The third-order valence-corrected chi connectivity index (χ3v) is 4.06. The zero-order valence-electron chi connectivity index (χ0n) is 14.5. The fraction of sp³-hybridized carbons (Fsp3) is 0.200. The number of benzene rings is 2. The lowest BCUT2D eigenvalue weighted by atomic mass is 10.1. The number of anilines is 3. The second-order valence-corrected chi connectivity index (χ2v) is 6.62. The van der Waals surface area contributed by atoms with Gasteiger partial charge in [0.05, 0.1) is 5.69 Å². The van der Waals surface area contributed by atoms with E-state index < -0.39 is 0 Å². The minimum absolute atomic E-state index is 0.243. The summed E-state index contributed by atoms with van der Waals surface area (Å²) in [5, 5.41) is 7.32. The first-order chi connectivity index (χ1) is 12.0. The minimum atomic E-state index is 0.243. The highest BCUT2D eigenvalue weighted by Crippen LogP contribution is 2.26. The average molecular weight is 353 g/mol. The molecule has 0 atom stereocenters. The highest BCUT2D eigenvalue weighted by atomic mass is 35.5. The second-order valence-electron chi connectivity index (χ2n) is 6.22. The van der Waals surface area contributed by atoms with Gasteiger partial charge in [0.1, 0.15) is 5.82 Å². The molecule has 0 aliphatic carbocycles. The van der Waals surface area contributed by atoms with E-state index in [9.17, 15) is 0 Å². The monoisotopic (exact) mass is 352 g/mol. The summed E-state index contributed by atoms with van der Waals surface area (Å²) in [6.07, 6.45) is 0. The molecule has 0 saturated heterocycles. The van der Waals surface area contributed by atoms with Crippen molar-refractivity contribution in [2.45, 2.75) is 26.8 Å². The van der Waals surface area contributed by atoms with Crippen molar-refractivity contribution in [3.63, 3.8) is 0 Å². The Hall–Kier alpha value is -2.59. The molecule has 0 aliphatic rings. The Bertz CT molecular complexity index is 863. The van der Waals surface area contributed by atoms with Crippen LogP contribution in [0.3, 0.4) is 0 Å². The van der Waals surface area contributed by atoms with Gasteiger partial charge in [-0.05, 0) is 38.5 Å². The number of rotatable bonds is 5. The van der Waals surface area contributed by atoms with Gasteiger partial charge in [-0.3, -0.25) is 0 Å². The van der Waals surface area contributed by atoms with E-state index >= 15 is 0 Å². The van der Waals surface area contributed by atoms with Gasteiger partial charge in [-0.1, -0.05) is 48.0 Å². The molecule has 0 fully saturated rings. The van der Waals surface area contributed by atoms with Crippen LogP contribution in [0.4, 0.5) is 17.5 Å². The van der Waals surface area contributed by atoms with Crippen LogP contribution in [0.15, 0.2) is 54.6 Å². The van der Waals surface area contributed by atoms with Crippen LogP contribution in [0.25, 0.3) is 11.3 Å². The van der Waals surface area contributed by atoms with Crippen molar-refractivity contribution >= 4 is 29.1 Å². The Balaban J connectivity index is 1.98. The van der Waals surface area contributed by atoms with Crippen molar-refractivity contribution in [2.24, 2.45) is 0 Å². The normalized spacial score (nSPS) is 10.8. The topological polar surface area (TPSA) is 49.8 Å². The standard InChI is InChI=1S/C20H21ClN4/c1-13(2)22-20-24-18(15-7-5-4-6-8-15)12-19(25-20)23-16-10-9-14(3)17(21)11-16/h4-13H,1-3H3,(H2,22,23,24,25). The Labute approximate surface area is 153 Å².